The molecule has 184 valence electrons. The van der Waals surface area contributed by atoms with Gasteiger partial charge >= 0.3 is 0 Å². The summed E-state index contributed by atoms with van der Waals surface area (Å²) in [7, 11) is 0. The molecule has 0 aromatic heterocycles. The summed E-state index contributed by atoms with van der Waals surface area (Å²) < 4.78 is 16.6. The molecule has 2 heterocycles. The Bertz CT molecular complexity index is 679. The molecule has 8 N–H and O–H groups in total. The fourth-order valence-electron chi connectivity index (χ4n) is 3.64. The first kappa shape index (κ1) is 26.3. The van der Waals surface area contributed by atoms with Crippen molar-refractivity contribution in [2.75, 3.05) is 13.2 Å². The Labute approximate surface area is 183 Å². The molecule has 1 unspecified atom stereocenters. The van der Waals surface area contributed by atoms with Crippen molar-refractivity contribution < 1.29 is 54.1 Å². The number of amides is 3. The van der Waals surface area contributed by atoms with Crippen LogP contribution < -0.4 is 16.0 Å². The fourth-order valence-corrected chi connectivity index (χ4v) is 3.64. The number of carbonyl (C=O) groups is 3. The summed E-state index contributed by atoms with van der Waals surface area (Å²) in [6.07, 6.45) is -11.7. The summed E-state index contributed by atoms with van der Waals surface area (Å²) in [5.41, 5.74) is 0. The van der Waals surface area contributed by atoms with E-state index in [1.807, 2.05) is 0 Å². The number of hydrogen-bond acceptors (Lipinski definition) is 11. The number of aliphatic hydroxyl groups is 5. The summed E-state index contributed by atoms with van der Waals surface area (Å²) in [6, 6.07) is -2.61. The lowest BCUT2D eigenvalue weighted by atomic mass is 9.94. The molecule has 0 aromatic carbocycles. The molecule has 0 radical (unpaired) electrons. The van der Waals surface area contributed by atoms with Crippen molar-refractivity contribution in [3.63, 3.8) is 0 Å². The minimum absolute atomic E-state index is 0.201. The first-order valence-electron chi connectivity index (χ1n) is 10.0. The average molecular weight is 465 g/mol. The van der Waals surface area contributed by atoms with Crippen molar-refractivity contribution in [2.45, 2.75) is 82.1 Å². The zero-order valence-corrected chi connectivity index (χ0v) is 17.9. The molecule has 32 heavy (non-hydrogen) atoms. The van der Waals surface area contributed by atoms with Gasteiger partial charge in [0.2, 0.25) is 17.7 Å². The summed E-state index contributed by atoms with van der Waals surface area (Å²) in [4.78, 5) is 34.5. The standard InChI is InChI=1S/C18H31N3O11/c1-6(23)19-4-9-13(26)15(28)11(20-7(2)24)18(31-9)32-16-12(21-8(3)25)17(29)30-10(5-22)14(16)27/h9-18,22,26-29H,4-5H2,1-3H3,(H,19,23)(H,20,24)(H,21,25)/t9-,10-,11-,12-,13-,14-,15-,16-,17?,18-/m1/s1. The SMILES string of the molecule is CC(=O)NC[C@H]1O[C@H](O[C@H]2[C@H](O)[C@@H](CO)OC(O)[C@@H]2NC(C)=O)[C@H](NC(C)=O)[C@@H](O)[C@@H]1O. The van der Waals surface area contributed by atoms with E-state index in [4.69, 9.17) is 14.2 Å². The van der Waals surface area contributed by atoms with Crippen LogP contribution in [0.25, 0.3) is 0 Å². The van der Waals surface area contributed by atoms with Crippen LogP contribution in [0.1, 0.15) is 20.8 Å². The van der Waals surface area contributed by atoms with Gasteiger partial charge in [-0.3, -0.25) is 14.4 Å². The van der Waals surface area contributed by atoms with Crippen LogP contribution in [0.3, 0.4) is 0 Å². The van der Waals surface area contributed by atoms with Gasteiger partial charge in [0.25, 0.3) is 0 Å². The van der Waals surface area contributed by atoms with E-state index in [-0.39, 0.29) is 6.54 Å². The molecule has 2 aliphatic rings. The highest BCUT2D eigenvalue weighted by atomic mass is 16.7. The number of hydrogen-bond donors (Lipinski definition) is 8. The molecule has 0 bridgehead atoms. The largest absolute Gasteiger partial charge is 0.394 e. The highest BCUT2D eigenvalue weighted by molar-refractivity contribution is 5.74. The summed E-state index contributed by atoms with van der Waals surface area (Å²) in [5, 5.41) is 58.4. The third kappa shape index (κ3) is 6.32. The second-order valence-corrected chi connectivity index (χ2v) is 7.75. The molecule has 2 aliphatic heterocycles. The molecule has 0 aromatic rings. The van der Waals surface area contributed by atoms with Crippen molar-refractivity contribution in [1.82, 2.24) is 16.0 Å². The predicted octanol–water partition coefficient (Wildman–Crippen LogP) is -4.97. The maximum absolute atomic E-state index is 11.7. The molecule has 0 aliphatic carbocycles. The Balaban J connectivity index is 2.32. The highest BCUT2D eigenvalue weighted by Crippen LogP contribution is 2.28. The molecule has 0 spiro atoms. The van der Waals surface area contributed by atoms with Gasteiger partial charge in [0, 0.05) is 27.3 Å². The van der Waals surface area contributed by atoms with E-state index >= 15 is 0 Å². The lowest BCUT2D eigenvalue weighted by Gasteiger charge is -2.47. The van der Waals surface area contributed by atoms with Crippen LogP contribution in [-0.2, 0) is 28.6 Å². The Morgan fingerprint density at radius 2 is 1.41 bits per heavy atom. The van der Waals surface area contributed by atoms with Gasteiger partial charge in [-0.15, -0.1) is 0 Å². The molecule has 14 nitrogen and oxygen atoms in total. The van der Waals surface area contributed by atoms with Gasteiger partial charge in [-0.1, -0.05) is 0 Å². The van der Waals surface area contributed by atoms with Crippen LogP contribution in [-0.4, -0.2) is 118 Å². The third-order valence-electron chi connectivity index (χ3n) is 5.16. The Hall–Kier alpha value is -1.91. The maximum atomic E-state index is 11.7. The fraction of sp³-hybridized carbons (Fsp3) is 0.833. The molecule has 10 atom stereocenters. The Morgan fingerprint density at radius 1 is 0.812 bits per heavy atom. The zero-order valence-electron chi connectivity index (χ0n) is 17.9. The van der Waals surface area contributed by atoms with Crippen LogP contribution in [0.15, 0.2) is 0 Å². The van der Waals surface area contributed by atoms with E-state index in [9.17, 15) is 39.9 Å². The van der Waals surface area contributed by atoms with Gasteiger partial charge in [-0.05, 0) is 0 Å². The number of rotatable bonds is 7. The molecule has 3 amide bonds. The topological polar surface area (TPSA) is 216 Å². The van der Waals surface area contributed by atoms with Crippen molar-refractivity contribution >= 4 is 17.7 Å². The predicted molar refractivity (Wildman–Crippen MR) is 103 cm³/mol. The highest BCUT2D eigenvalue weighted by Gasteiger charge is 2.51. The van der Waals surface area contributed by atoms with Crippen LogP contribution in [0.5, 0.6) is 0 Å². The molecule has 2 fully saturated rings. The lowest BCUT2D eigenvalue weighted by molar-refractivity contribution is -0.320. The molecule has 0 saturated carbocycles. The zero-order chi connectivity index (χ0) is 24.2. The molecule has 2 rings (SSSR count). The monoisotopic (exact) mass is 465 g/mol. The second-order valence-electron chi connectivity index (χ2n) is 7.75. The number of carbonyl (C=O) groups excluding carboxylic acids is 3. The number of ether oxygens (including phenoxy) is 3. The van der Waals surface area contributed by atoms with Gasteiger partial charge < -0.3 is 55.7 Å². The van der Waals surface area contributed by atoms with E-state index in [0.29, 0.717) is 0 Å². The van der Waals surface area contributed by atoms with Gasteiger partial charge in [0.15, 0.2) is 12.6 Å². The van der Waals surface area contributed by atoms with Crippen molar-refractivity contribution in [2.24, 2.45) is 0 Å². The van der Waals surface area contributed by atoms with Crippen molar-refractivity contribution in [3.05, 3.63) is 0 Å². The quantitative estimate of drug-likeness (QED) is 0.178. The summed E-state index contributed by atoms with van der Waals surface area (Å²) in [5.74, 6) is -1.59. The molecular weight excluding hydrogens is 434 g/mol. The van der Waals surface area contributed by atoms with Crippen molar-refractivity contribution in [3.8, 4) is 0 Å². The van der Waals surface area contributed by atoms with Crippen LogP contribution in [0, 0.1) is 0 Å². The van der Waals surface area contributed by atoms with E-state index in [0.717, 1.165) is 13.8 Å². The summed E-state index contributed by atoms with van der Waals surface area (Å²) in [6.45, 7) is 2.68. The summed E-state index contributed by atoms with van der Waals surface area (Å²) >= 11 is 0. The minimum Gasteiger partial charge on any atom is -0.394 e. The molecule has 2 saturated heterocycles. The first-order valence-corrected chi connectivity index (χ1v) is 10.0. The van der Waals surface area contributed by atoms with E-state index in [1.165, 1.54) is 6.92 Å². The number of nitrogens with one attached hydrogen (secondary N) is 3. The molecule has 14 heteroatoms. The smallest absolute Gasteiger partial charge is 0.217 e. The first-order chi connectivity index (χ1) is 15.0. The average Bonchev–Trinajstić information content (AvgIpc) is 2.70. The third-order valence-corrected chi connectivity index (χ3v) is 5.16. The van der Waals surface area contributed by atoms with Crippen LogP contribution in [0.4, 0.5) is 0 Å². The normalized spacial score (nSPS) is 39.8. The lowest BCUT2D eigenvalue weighted by Crippen LogP contribution is -2.69. The number of aliphatic hydroxyl groups excluding tert-OH is 5. The van der Waals surface area contributed by atoms with Crippen LogP contribution >= 0.6 is 0 Å². The van der Waals surface area contributed by atoms with Gasteiger partial charge in [0.1, 0.15) is 48.7 Å². The van der Waals surface area contributed by atoms with E-state index in [1.54, 1.807) is 0 Å². The van der Waals surface area contributed by atoms with Gasteiger partial charge in [0.05, 0.1) is 6.61 Å². The van der Waals surface area contributed by atoms with Gasteiger partial charge in [-0.25, -0.2) is 0 Å². The van der Waals surface area contributed by atoms with Crippen molar-refractivity contribution in [1.29, 1.82) is 0 Å². The van der Waals surface area contributed by atoms with Gasteiger partial charge in [-0.2, -0.15) is 0 Å². The Kier molecular flexibility index (Phi) is 9.29. The minimum atomic E-state index is -1.67. The van der Waals surface area contributed by atoms with E-state index < -0.39 is 85.6 Å². The second kappa shape index (κ2) is 11.3. The van der Waals surface area contributed by atoms with Crippen LogP contribution in [0.2, 0.25) is 0 Å². The van der Waals surface area contributed by atoms with E-state index in [2.05, 4.69) is 16.0 Å². The maximum Gasteiger partial charge on any atom is 0.217 e. The Morgan fingerprint density at radius 3 is 1.94 bits per heavy atom. The molecular formula is C18H31N3O11.